The Balaban J connectivity index is 2.13. The first-order valence-electron chi connectivity index (χ1n) is 7.11. The van der Waals surface area contributed by atoms with Gasteiger partial charge in [0.25, 0.3) is 0 Å². The predicted molar refractivity (Wildman–Crippen MR) is 78.1 cm³/mol. The highest BCUT2D eigenvalue weighted by Crippen LogP contribution is 2.20. The summed E-state index contributed by atoms with van der Waals surface area (Å²) in [6.45, 7) is 10.2. The van der Waals surface area contributed by atoms with Crippen LogP contribution < -0.4 is 5.32 Å². The third kappa shape index (κ3) is 2.93. The van der Waals surface area contributed by atoms with E-state index in [-0.39, 0.29) is 11.7 Å². The van der Waals surface area contributed by atoms with Crippen molar-refractivity contribution in [2.75, 3.05) is 26.2 Å². The van der Waals surface area contributed by atoms with E-state index >= 15 is 0 Å². The molecule has 5 nitrogen and oxygen atoms in total. The number of ketones is 1. The smallest absolute Gasteiger partial charge is 0.234 e. The maximum absolute atomic E-state index is 12.4. The van der Waals surface area contributed by atoms with Gasteiger partial charge in [-0.3, -0.25) is 14.5 Å². The Kier molecular flexibility index (Phi) is 4.28. The van der Waals surface area contributed by atoms with Crippen LogP contribution >= 0.6 is 0 Å². The van der Waals surface area contributed by atoms with E-state index in [2.05, 4.69) is 23.7 Å². The van der Waals surface area contributed by atoms with Crippen molar-refractivity contribution in [1.82, 2.24) is 14.8 Å². The first-order valence-corrected chi connectivity index (χ1v) is 7.11. The largest absolute Gasteiger partial charge is 0.354 e. The molecule has 2 heterocycles. The van der Waals surface area contributed by atoms with Crippen LogP contribution in [-0.2, 0) is 4.79 Å². The number of hydrogen-bond acceptors (Lipinski definition) is 3. The van der Waals surface area contributed by atoms with E-state index in [0.717, 1.165) is 23.5 Å². The molecular weight excluding hydrogens is 254 g/mol. The van der Waals surface area contributed by atoms with Gasteiger partial charge in [-0.05, 0) is 33.8 Å². The van der Waals surface area contributed by atoms with Crippen LogP contribution in [0, 0.1) is 13.8 Å². The second kappa shape index (κ2) is 5.79. The van der Waals surface area contributed by atoms with E-state index in [9.17, 15) is 9.59 Å². The number of nitrogens with zero attached hydrogens (tertiary/aromatic N) is 2. The van der Waals surface area contributed by atoms with Gasteiger partial charge in [0, 0.05) is 36.1 Å². The fourth-order valence-electron chi connectivity index (χ4n) is 2.97. The summed E-state index contributed by atoms with van der Waals surface area (Å²) in [5.41, 5.74) is 2.91. The molecule has 0 spiro atoms. The zero-order chi connectivity index (χ0) is 14.9. The van der Waals surface area contributed by atoms with E-state index < -0.39 is 0 Å². The molecule has 1 aliphatic rings. The molecular formula is C15H23N3O2. The first-order chi connectivity index (χ1) is 9.40. The highest BCUT2D eigenvalue weighted by molar-refractivity contribution is 5.99. The zero-order valence-corrected chi connectivity index (χ0v) is 12.7. The standard InChI is InChI=1S/C15H23N3O2/c1-10(2)18-11(3)7-13(12(18)4)14(19)8-17-6-5-16-15(20)9-17/h7,10H,5-6,8-9H2,1-4H3,(H,16,20). The Morgan fingerprint density at radius 1 is 1.40 bits per heavy atom. The van der Waals surface area contributed by atoms with E-state index in [0.29, 0.717) is 25.7 Å². The van der Waals surface area contributed by atoms with Crippen LogP contribution in [0.25, 0.3) is 0 Å². The lowest BCUT2D eigenvalue weighted by molar-refractivity contribution is -0.123. The molecule has 2 rings (SSSR count). The SMILES string of the molecule is Cc1cc(C(=O)CN2CCNC(=O)C2)c(C)n1C(C)C. The predicted octanol–water partition coefficient (Wildman–Crippen LogP) is 1.30. The molecule has 0 aliphatic carbocycles. The average Bonchev–Trinajstić information content (AvgIpc) is 2.64. The Bertz CT molecular complexity index is 531. The molecule has 1 aromatic rings. The highest BCUT2D eigenvalue weighted by atomic mass is 16.2. The van der Waals surface area contributed by atoms with Gasteiger partial charge in [0.15, 0.2) is 5.78 Å². The summed E-state index contributed by atoms with van der Waals surface area (Å²) in [5.74, 6) is 0.0939. The quantitative estimate of drug-likeness (QED) is 0.844. The van der Waals surface area contributed by atoms with Gasteiger partial charge in [0.05, 0.1) is 13.1 Å². The van der Waals surface area contributed by atoms with Crippen LogP contribution in [-0.4, -0.2) is 47.3 Å². The molecule has 1 aromatic heterocycles. The van der Waals surface area contributed by atoms with Gasteiger partial charge in [-0.1, -0.05) is 0 Å². The van der Waals surface area contributed by atoms with Crippen LogP contribution in [0.1, 0.15) is 41.6 Å². The molecule has 1 N–H and O–H groups in total. The van der Waals surface area contributed by atoms with Crippen molar-refractivity contribution in [2.24, 2.45) is 0 Å². The molecule has 1 aliphatic heterocycles. The van der Waals surface area contributed by atoms with Gasteiger partial charge < -0.3 is 9.88 Å². The van der Waals surface area contributed by atoms with Crippen LogP contribution in [0.2, 0.25) is 0 Å². The van der Waals surface area contributed by atoms with Crippen LogP contribution in [0.5, 0.6) is 0 Å². The third-order valence-electron chi connectivity index (χ3n) is 3.79. The van der Waals surface area contributed by atoms with Crippen molar-refractivity contribution in [3.8, 4) is 0 Å². The molecule has 1 fully saturated rings. The van der Waals surface area contributed by atoms with Gasteiger partial charge in [0.1, 0.15) is 0 Å². The van der Waals surface area contributed by atoms with Gasteiger partial charge in [-0.15, -0.1) is 0 Å². The minimum Gasteiger partial charge on any atom is -0.354 e. The third-order valence-corrected chi connectivity index (χ3v) is 3.79. The molecule has 110 valence electrons. The second-order valence-electron chi connectivity index (χ2n) is 5.73. The summed E-state index contributed by atoms with van der Waals surface area (Å²) >= 11 is 0. The minimum atomic E-state index is -0.00305. The number of piperazine rings is 1. The number of carbonyl (C=O) groups is 2. The summed E-state index contributed by atoms with van der Waals surface area (Å²) in [7, 11) is 0. The Morgan fingerprint density at radius 2 is 2.10 bits per heavy atom. The number of aromatic nitrogens is 1. The first kappa shape index (κ1) is 14.8. The number of aryl methyl sites for hydroxylation is 1. The Hall–Kier alpha value is -1.62. The maximum Gasteiger partial charge on any atom is 0.234 e. The van der Waals surface area contributed by atoms with E-state index in [1.807, 2.05) is 24.8 Å². The number of nitrogens with one attached hydrogen (secondary N) is 1. The molecule has 1 amide bonds. The molecule has 0 unspecified atom stereocenters. The molecule has 20 heavy (non-hydrogen) atoms. The van der Waals surface area contributed by atoms with Gasteiger partial charge in [-0.25, -0.2) is 0 Å². The molecule has 0 bridgehead atoms. The summed E-state index contributed by atoms with van der Waals surface area (Å²) in [6, 6.07) is 2.30. The van der Waals surface area contributed by atoms with E-state index in [1.165, 1.54) is 0 Å². The number of amides is 1. The topological polar surface area (TPSA) is 54.3 Å². The normalized spacial score (nSPS) is 16.6. The highest BCUT2D eigenvalue weighted by Gasteiger charge is 2.22. The lowest BCUT2D eigenvalue weighted by Crippen LogP contribution is -2.49. The minimum absolute atomic E-state index is 0.00305. The second-order valence-corrected chi connectivity index (χ2v) is 5.73. The molecule has 0 saturated carbocycles. The number of rotatable bonds is 4. The Labute approximate surface area is 119 Å². The molecule has 0 aromatic carbocycles. The summed E-state index contributed by atoms with van der Waals surface area (Å²) < 4.78 is 2.18. The van der Waals surface area contributed by atoms with E-state index in [1.54, 1.807) is 0 Å². The molecule has 0 radical (unpaired) electrons. The van der Waals surface area contributed by atoms with E-state index in [4.69, 9.17) is 0 Å². The molecule has 1 saturated heterocycles. The molecule has 0 atom stereocenters. The van der Waals surface area contributed by atoms with Crippen molar-refractivity contribution in [1.29, 1.82) is 0 Å². The van der Waals surface area contributed by atoms with Crippen LogP contribution in [0.3, 0.4) is 0 Å². The monoisotopic (exact) mass is 277 g/mol. The van der Waals surface area contributed by atoms with Crippen molar-refractivity contribution >= 4 is 11.7 Å². The lowest BCUT2D eigenvalue weighted by Gasteiger charge is -2.25. The lowest BCUT2D eigenvalue weighted by atomic mass is 10.1. The van der Waals surface area contributed by atoms with Gasteiger partial charge >= 0.3 is 0 Å². The van der Waals surface area contributed by atoms with Gasteiger partial charge in [-0.2, -0.15) is 0 Å². The summed E-state index contributed by atoms with van der Waals surface area (Å²) in [5, 5.41) is 2.77. The van der Waals surface area contributed by atoms with Crippen LogP contribution in [0.15, 0.2) is 6.07 Å². The average molecular weight is 277 g/mol. The zero-order valence-electron chi connectivity index (χ0n) is 12.7. The van der Waals surface area contributed by atoms with Crippen molar-refractivity contribution in [3.05, 3.63) is 23.0 Å². The molecule has 5 heteroatoms. The van der Waals surface area contributed by atoms with Crippen LogP contribution in [0.4, 0.5) is 0 Å². The van der Waals surface area contributed by atoms with Crippen molar-refractivity contribution in [3.63, 3.8) is 0 Å². The fourth-order valence-corrected chi connectivity index (χ4v) is 2.97. The summed E-state index contributed by atoms with van der Waals surface area (Å²) in [6.07, 6.45) is 0. The van der Waals surface area contributed by atoms with Crippen molar-refractivity contribution in [2.45, 2.75) is 33.7 Å². The maximum atomic E-state index is 12.4. The van der Waals surface area contributed by atoms with Gasteiger partial charge in [0.2, 0.25) is 5.91 Å². The number of hydrogen-bond donors (Lipinski definition) is 1. The van der Waals surface area contributed by atoms with Crippen molar-refractivity contribution < 1.29 is 9.59 Å². The fraction of sp³-hybridized carbons (Fsp3) is 0.600. The summed E-state index contributed by atoms with van der Waals surface area (Å²) in [4.78, 5) is 25.7. The number of Topliss-reactive ketones (excluding diaryl/α,β-unsaturated/α-hetero) is 1. The Morgan fingerprint density at radius 3 is 2.65 bits per heavy atom. The number of carbonyl (C=O) groups excluding carboxylic acids is 2.